The Bertz CT molecular complexity index is 915. The van der Waals surface area contributed by atoms with Crippen molar-refractivity contribution in [3.63, 3.8) is 0 Å². The molecule has 0 aliphatic rings. The van der Waals surface area contributed by atoms with E-state index in [9.17, 15) is 4.79 Å². The third-order valence-corrected chi connectivity index (χ3v) is 4.37. The normalized spacial score (nSPS) is 10.7. The highest BCUT2D eigenvalue weighted by Crippen LogP contribution is 2.30. The number of benzene rings is 2. The summed E-state index contributed by atoms with van der Waals surface area (Å²) in [6.07, 6.45) is 2.01. The van der Waals surface area contributed by atoms with E-state index < -0.39 is 0 Å². The van der Waals surface area contributed by atoms with E-state index in [1.807, 2.05) is 54.1 Å². The van der Waals surface area contributed by atoms with Crippen LogP contribution in [0.2, 0.25) is 0 Å². The number of amides is 1. The highest BCUT2D eigenvalue weighted by atomic mass is 16.5. The van der Waals surface area contributed by atoms with Crippen LogP contribution in [0.25, 0.3) is 10.9 Å². The van der Waals surface area contributed by atoms with Gasteiger partial charge in [0, 0.05) is 24.0 Å². The minimum absolute atomic E-state index is 0.183. The Morgan fingerprint density at radius 1 is 1.15 bits per heavy atom. The van der Waals surface area contributed by atoms with Crippen molar-refractivity contribution in [1.29, 1.82) is 0 Å². The summed E-state index contributed by atoms with van der Waals surface area (Å²) in [6.45, 7) is 2.72. The molecule has 0 saturated heterocycles. The van der Waals surface area contributed by atoms with Gasteiger partial charge < -0.3 is 19.4 Å². The zero-order valence-electron chi connectivity index (χ0n) is 15.4. The fourth-order valence-electron chi connectivity index (χ4n) is 2.88. The number of methoxy groups -OCH3 is 1. The molecule has 0 bridgehead atoms. The number of anilines is 1. The monoisotopic (exact) mass is 352 g/mol. The number of carbonyl (C=O) groups is 1. The van der Waals surface area contributed by atoms with Crippen LogP contribution in [0.4, 0.5) is 5.69 Å². The van der Waals surface area contributed by atoms with Crippen molar-refractivity contribution in [1.82, 2.24) is 4.57 Å². The first kappa shape index (κ1) is 17.9. The van der Waals surface area contributed by atoms with Crippen LogP contribution >= 0.6 is 0 Å². The topological polar surface area (TPSA) is 52.5 Å². The molecule has 0 fully saturated rings. The lowest BCUT2D eigenvalue weighted by molar-refractivity contribution is 0.101. The quantitative estimate of drug-likeness (QED) is 0.631. The van der Waals surface area contributed by atoms with E-state index in [-0.39, 0.29) is 5.91 Å². The summed E-state index contributed by atoms with van der Waals surface area (Å²) in [5.74, 6) is 1.13. The van der Waals surface area contributed by atoms with Gasteiger partial charge in [-0.05, 0) is 30.7 Å². The van der Waals surface area contributed by atoms with Gasteiger partial charge in [-0.15, -0.1) is 0 Å². The second kappa shape index (κ2) is 7.95. The van der Waals surface area contributed by atoms with Crippen molar-refractivity contribution in [3.8, 4) is 11.5 Å². The molecule has 0 atom stereocenters. The summed E-state index contributed by atoms with van der Waals surface area (Å²) in [5.41, 5.74) is 2.21. The second-order valence-corrected chi connectivity index (χ2v) is 6.17. The number of hydrogen-bond acceptors (Lipinski definition) is 3. The first-order valence-corrected chi connectivity index (χ1v) is 8.80. The molecule has 0 radical (unpaired) electrons. The van der Waals surface area contributed by atoms with Crippen molar-refractivity contribution in [2.45, 2.75) is 19.8 Å². The summed E-state index contributed by atoms with van der Waals surface area (Å²) < 4.78 is 13.0. The maximum atomic E-state index is 12.9. The average molecular weight is 352 g/mol. The van der Waals surface area contributed by atoms with Crippen LogP contribution in [0, 0.1) is 0 Å². The van der Waals surface area contributed by atoms with Gasteiger partial charge in [0.2, 0.25) is 0 Å². The molecule has 2 aromatic carbocycles. The number of ether oxygens (including phenoxy) is 2. The van der Waals surface area contributed by atoms with Gasteiger partial charge in [0.25, 0.3) is 5.91 Å². The van der Waals surface area contributed by atoms with Crippen LogP contribution in [0.3, 0.4) is 0 Å². The van der Waals surface area contributed by atoms with Gasteiger partial charge in [-0.25, -0.2) is 0 Å². The third-order valence-electron chi connectivity index (χ3n) is 4.37. The lowest BCUT2D eigenvalue weighted by Gasteiger charge is -2.14. The lowest BCUT2D eigenvalue weighted by Crippen LogP contribution is -2.16. The van der Waals surface area contributed by atoms with E-state index in [0.717, 1.165) is 23.7 Å². The van der Waals surface area contributed by atoms with Gasteiger partial charge in [-0.1, -0.05) is 31.5 Å². The van der Waals surface area contributed by atoms with Crippen LogP contribution in [0.1, 0.15) is 30.3 Å². The molecule has 5 heteroatoms. The van der Waals surface area contributed by atoms with Crippen LogP contribution in [-0.4, -0.2) is 24.2 Å². The average Bonchev–Trinajstić information content (AvgIpc) is 3.00. The van der Waals surface area contributed by atoms with Gasteiger partial charge in [-0.2, -0.15) is 0 Å². The first-order valence-electron chi connectivity index (χ1n) is 8.80. The predicted octanol–water partition coefficient (Wildman–Crippen LogP) is 4.62. The Morgan fingerprint density at radius 2 is 1.96 bits per heavy atom. The highest BCUT2D eigenvalue weighted by Gasteiger charge is 2.16. The number of rotatable bonds is 7. The first-order chi connectivity index (χ1) is 12.6. The molecule has 26 heavy (non-hydrogen) atoms. The fourth-order valence-corrected chi connectivity index (χ4v) is 2.88. The molecule has 136 valence electrons. The Balaban J connectivity index is 1.88. The largest absolute Gasteiger partial charge is 0.497 e. The third kappa shape index (κ3) is 3.67. The molecule has 5 nitrogen and oxygen atoms in total. The fraction of sp³-hybridized carbons (Fsp3) is 0.286. The van der Waals surface area contributed by atoms with Crippen molar-refractivity contribution in [3.05, 3.63) is 54.2 Å². The molecule has 1 aromatic heterocycles. The minimum atomic E-state index is -0.183. The molecule has 1 N–H and O–H groups in total. The Kier molecular flexibility index (Phi) is 5.46. The lowest BCUT2D eigenvalue weighted by atomic mass is 10.2. The molecular weight excluding hydrogens is 328 g/mol. The number of para-hydroxylation sites is 1. The minimum Gasteiger partial charge on any atom is -0.497 e. The molecule has 0 aliphatic carbocycles. The van der Waals surface area contributed by atoms with E-state index in [1.165, 1.54) is 0 Å². The maximum absolute atomic E-state index is 12.9. The highest BCUT2D eigenvalue weighted by molar-refractivity contribution is 6.07. The van der Waals surface area contributed by atoms with E-state index in [0.29, 0.717) is 29.5 Å². The summed E-state index contributed by atoms with van der Waals surface area (Å²) in [7, 11) is 3.49. The molecule has 0 spiro atoms. The number of nitrogens with zero attached hydrogens (tertiary/aromatic N) is 1. The molecule has 3 rings (SSSR count). The molecular formula is C21H24N2O3. The Hall–Kier alpha value is -2.95. The van der Waals surface area contributed by atoms with Crippen molar-refractivity contribution in [2.75, 3.05) is 19.0 Å². The molecule has 0 saturated carbocycles. The van der Waals surface area contributed by atoms with E-state index in [4.69, 9.17) is 9.47 Å². The number of fused-ring (bicyclic) bond motifs is 1. The molecule has 3 aromatic rings. The zero-order chi connectivity index (χ0) is 18.5. The van der Waals surface area contributed by atoms with Gasteiger partial charge in [0.1, 0.15) is 17.2 Å². The number of carbonyl (C=O) groups excluding carboxylic acids is 1. The SMILES string of the molecule is CCCCOc1ccc(OC)cc1NC(=O)c1cc2ccccc2n1C. The van der Waals surface area contributed by atoms with Gasteiger partial charge >= 0.3 is 0 Å². The van der Waals surface area contributed by atoms with Crippen LogP contribution in [-0.2, 0) is 7.05 Å². The number of nitrogens with one attached hydrogen (secondary N) is 1. The van der Waals surface area contributed by atoms with Crippen molar-refractivity contribution in [2.24, 2.45) is 7.05 Å². The standard InChI is InChI=1S/C21H24N2O3/c1-4-5-12-26-20-11-10-16(25-3)14-17(20)22-21(24)19-13-15-8-6-7-9-18(15)23(19)2/h6-11,13-14H,4-5,12H2,1-3H3,(H,22,24). The summed E-state index contributed by atoms with van der Waals surface area (Å²) in [6, 6.07) is 15.2. The van der Waals surface area contributed by atoms with Gasteiger partial charge in [-0.3, -0.25) is 4.79 Å². The van der Waals surface area contributed by atoms with E-state index in [1.54, 1.807) is 13.2 Å². The summed E-state index contributed by atoms with van der Waals surface area (Å²) in [5, 5.41) is 4.00. The zero-order valence-corrected chi connectivity index (χ0v) is 15.4. The van der Waals surface area contributed by atoms with E-state index >= 15 is 0 Å². The second-order valence-electron chi connectivity index (χ2n) is 6.17. The van der Waals surface area contributed by atoms with Crippen LogP contribution in [0.15, 0.2) is 48.5 Å². The number of hydrogen-bond donors (Lipinski definition) is 1. The smallest absolute Gasteiger partial charge is 0.272 e. The van der Waals surface area contributed by atoms with Crippen LogP contribution < -0.4 is 14.8 Å². The van der Waals surface area contributed by atoms with Gasteiger partial charge in [0.15, 0.2) is 0 Å². The van der Waals surface area contributed by atoms with Crippen LogP contribution in [0.5, 0.6) is 11.5 Å². The van der Waals surface area contributed by atoms with Gasteiger partial charge in [0.05, 0.1) is 19.4 Å². The number of unbranched alkanes of at least 4 members (excludes halogenated alkanes) is 1. The van der Waals surface area contributed by atoms with Crippen molar-refractivity contribution < 1.29 is 14.3 Å². The van der Waals surface area contributed by atoms with Crippen molar-refractivity contribution >= 4 is 22.5 Å². The molecule has 1 amide bonds. The summed E-state index contributed by atoms with van der Waals surface area (Å²) in [4.78, 5) is 12.9. The Labute approximate surface area is 153 Å². The van der Waals surface area contributed by atoms with E-state index in [2.05, 4.69) is 12.2 Å². The molecule has 0 aliphatic heterocycles. The summed E-state index contributed by atoms with van der Waals surface area (Å²) >= 11 is 0. The Morgan fingerprint density at radius 3 is 2.69 bits per heavy atom. The molecule has 1 heterocycles. The maximum Gasteiger partial charge on any atom is 0.272 e. The number of aryl methyl sites for hydroxylation is 1. The number of aromatic nitrogens is 1. The predicted molar refractivity (Wildman–Crippen MR) is 104 cm³/mol. The molecule has 0 unspecified atom stereocenters.